The molecule has 1 aliphatic heterocycles. The first kappa shape index (κ1) is 17.5. The Labute approximate surface area is 122 Å². The summed E-state index contributed by atoms with van der Waals surface area (Å²) in [5.41, 5.74) is 0. The first-order valence-electron chi connectivity index (χ1n) is 6.52. The van der Waals surface area contributed by atoms with E-state index >= 15 is 0 Å². The highest BCUT2D eigenvalue weighted by atomic mass is 32.2. The zero-order valence-electron chi connectivity index (χ0n) is 11.7. The summed E-state index contributed by atoms with van der Waals surface area (Å²) in [5.74, 6) is -0.875. The molecule has 2 unspecified atom stereocenters. The number of carboxylic acids is 1. The maximum atomic E-state index is 12.1. The third-order valence-corrected chi connectivity index (χ3v) is 5.89. The fourth-order valence-corrected chi connectivity index (χ4v) is 4.23. The Morgan fingerprint density at radius 1 is 1.45 bits per heavy atom. The highest BCUT2D eigenvalue weighted by molar-refractivity contribution is 7.87. The maximum Gasteiger partial charge on any atom is 0.306 e. The molecule has 0 saturated carbocycles. The number of aliphatic carboxylic acids is 1. The summed E-state index contributed by atoms with van der Waals surface area (Å²) in [6, 6.07) is -0.291. The molecule has 7 nitrogen and oxygen atoms in total. The van der Waals surface area contributed by atoms with Crippen LogP contribution in [0.3, 0.4) is 0 Å². The average Bonchev–Trinajstić information content (AvgIpc) is 2.36. The lowest BCUT2D eigenvalue weighted by Crippen LogP contribution is -2.48. The zero-order chi connectivity index (χ0) is 15.3. The number of hydrogen-bond acceptors (Lipinski definition) is 4. The molecule has 9 heteroatoms. The van der Waals surface area contributed by atoms with Gasteiger partial charge < -0.3 is 5.11 Å². The molecule has 0 spiro atoms. The Balaban J connectivity index is 2.49. The van der Waals surface area contributed by atoms with E-state index < -0.39 is 32.9 Å². The summed E-state index contributed by atoms with van der Waals surface area (Å²) in [7, 11) is -4.53. The van der Waals surface area contributed by atoms with Crippen LogP contribution in [0.2, 0.25) is 0 Å². The van der Waals surface area contributed by atoms with Crippen LogP contribution in [0.25, 0.3) is 0 Å². The SMILES string of the molecule is CC(CCS(C)=O)NS(=O)(=O)N1CCC(C(=O)O)CC1. The van der Waals surface area contributed by atoms with Gasteiger partial charge in [0.05, 0.1) is 5.92 Å². The standard InChI is InChI=1S/C11H22N2O5S2/c1-9(5-8-19(2)16)12-20(17,18)13-6-3-10(4-7-13)11(14)15/h9-10,12H,3-8H2,1-2H3,(H,14,15). The molecule has 1 fully saturated rings. The number of hydrogen-bond donors (Lipinski definition) is 2. The molecule has 0 aromatic rings. The van der Waals surface area contributed by atoms with E-state index in [-0.39, 0.29) is 19.1 Å². The van der Waals surface area contributed by atoms with Crippen molar-refractivity contribution in [3.63, 3.8) is 0 Å². The molecule has 118 valence electrons. The molecular weight excluding hydrogens is 304 g/mol. The fourth-order valence-electron chi connectivity index (χ4n) is 2.07. The molecule has 0 radical (unpaired) electrons. The molecule has 0 amide bonds. The summed E-state index contributed by atoms with van der Waals surface area (Å²) in [4.78, 5) is 10.8. The number of piperidine rings is 1. The van der Waals surface area contributed by atoms with E-state index in [2.05, 4.69) is 4.72 Å². The molecule has 1 saturated heterocycles. The van der Waals surface area contributed by atoms with Crippen LogP contribution in [-0.2, 0) is 25.8 Å². The Kier molecular flexibility index (Phi) is 6.56. The summed E-state index contributed by atoms with van der Waals surface area (Å²) in [6.07, 6.45) is 2.76. The Bertz CT molecular complexity index is 457. The lowest BCUT2D eigenvalue weighted by Gasteiger charge is -2.30. The second-order valence-corrected chi connectivity index (χ2v) is 8.36. The molecule has 2 atom stereocenters. The summed E-state index contributed by atoms with van der Waals surface area (Å²) < 4.78 is 39.0. The van der Waals surface area contributed by atoms with Crippen molar-refractivity contribution in [2.45, 2.75) is 32.2 Å². The van der Waals surface area contributed by atoms with E-state index in [1.807, 2.05) is 0 Å². The van der Waals surface area contributed by atoms with Crippen LogP contribution in [0.4, 0.5) is 0 Å². The highest BCUT2D eigenvalue weighted by Gasteiger charge is 2.31. The summed E-state index contributed by atoms with van der Waals surface area (Å²) >= 11 is 0. The molecule has 1 heterocycles. The van der Waals surface area contributed by atoms with Crippen molar-refractivity contribution in [2.24, 2.45) is 5.92 Å². The number of rotatable bonds is 7. The number of nitrogens with zero attached hydrogens (tertiary/aromatic N) is 1. The minimum atomic E-state index is -3.59. The van der Waals surface area contributed by atoms with Gasteiger partial charge in [0.15, 0.2) is 0 Å². The number of carboxylic acid groups (broad SMARTS) is 1. The summed E-state index contributed by atoms with van der Waals surface area (Å²) in [6.45, 7) is 2.17. The first-order chi connectivity index (χ1) is 9.22. The molecular formula is C11H22N2O5S2. The third kappa shape index (κ3) is 5.47. The lowest BCUT2D eigenvalue weighted by atomic mass is 9.99. The van der Waals surface area contributed by atoms with Crippen molar-refractivity contribution in [2.75, 3.05) is 25.1 Å². The van der Waals surface area contributed by atoms with Gasteiger partial charge in [-0.15, -0.1) is 0 Å². The predicted molar refractivity (Wildman–Crippen MR) is 77.0 cm³/mol. The van der Waals surface area contributed by atoms with Crippen molar-refractivity contribution in [1.82, 2.24) is 9.03 Å². The Morgan fingerprint density at radius 2 is 2.00 bits per heavy atom. The van der Waals surface area contributed by atoms with E-state index in [1.165, 1.54) is 4.31 Å². The van der Waals surface area contributed by atoms with Crippen LogP contribution in [0.15, 0.2) is 0 Å². The minimum Gasteiger partial charge on any atom is -0.481 e. The van der Waals surface area contributed by atoms with E-state index in [0.29, 0.717) is 25.0 Å². The van der Waals surface area contributed by atoms with Gasteiger partial charge in [0, 0.05) is 41.9 Å². The van der Waals surface area contributed by atoms with Gasteiger partial charge in [0.2, 0.25) is 0 Å². The zero-order valence-corrected chi connectivity index (χ0v) is 13.4. The van der Waals surface area contributed by atoms with Crippen molar-refractivity contribution < 1.29 is 22.5 Å². The smallest absolute Gasteiger partial charge is 0.306 e. The van der Waals surface area contributed by atoms with Crippen molar-refractivity contribution >= 4 is 27.0 Å². The highest BCUT2D eigenvalue weighted by Crippen LogP contribution is 2.19. The van der Waals surface area contributed by atoms with Crippen molar-refractivity contribution in [3.8, 4) is 0 Å². The van der Waals surface area contributed by atoms with Gasteiger partial charge in [-0.25, -0.2) is 0 Å². The van der Waals surface area contributed by atoms with Gasteiger partial charge in [0.25, 0.3) is 10.2 Å². The summed E-state index contributed by atoms with van der Waals surface area (Å²) in [5, 5.41) is 8.88. The Hall–Kier alpha value is -0.510. The van der Waals surface area contributed by atoms with Gasteiger partial charge in [-0.3, -0.25) is 9.00 Å². The van der Waals surface area contributed by atoms with Crippen LogP contribution in [-0.4, -0.2) is 59.1 Å². The first-order valence-corrected chi connectivity index (χ1v) is 9.69. The maximum absolute atomic E-state index is 12.1. The van der Waals surface area contributed by atoms with E-state index in [9.17, 15) is 17.4 Å². The third-order valence-electron chi connectivity index (χ3n) is 3.33. The number of nitrogens with one attached hydrogen (secondary N) is 1. The van der Waals surface area contributed by atoms with Gasteiger partial charge in [-0.2, -0.15) is 17.4 Å². The molecule has 0 aliphatic carbocycles. The van der Waals surface area contributed by atoms with E-state index in [0.717, 1.165) is 0 Å². The molecule has 0 aromatic heterocycles. The quantitative estimate of drug-likeness (QED) is 0.673. The van der Waals surface area contributed by atoms with Crippen molar-refractivity contribution in [3.05, 3.63) is 0 Å². The van der Waals surface area contributed by atoms with Gasteiger partial charge >= 0.3 is 5.97 Å². The van der Waals surface area contributed by atoms with Gasteiger partial charge in [-0.1, -0.05) is 0 Å². The number of carbonyl (C=O) groups is 1. The lowest BCUT2D eigenvalue weighted by molar-refractivity contribution is -0.142. The normalized spacial score (nSPS) is 21.5. The van der Waals surface area contributed by atoms with Crippen LogP contribution >= 0.6 is 0 Å². The van der Waals surface area contributed by atoms with Crippen molar-refractivity contribution in [1.29, 1.82) is 0 Å². The predicted octanol–water partition coefficient (Wildman–Crippen LogP) is -0.225. The molecule has 1 rings (SSSR count). The van der Waals surface area contributed by atoms with Gasteiger partial charge in [0.1, 0.15) is 0 Å². The Morgan fingerprint density at radius 3 is 2.45 bits per heavy atom. The molecule has 0 aromatic carbocycles. The van der Waals surface area contributed by atoms with Crippen LogP contribution in [0.1, 0.15) is 26.2 Å². The largest absolute Gasteiger partial charge is 0.481 e. The molecule has 20 heavy (non-hydrogen) atoms. The topological polar surface area (TPSA) is 104 Å². The average molecular weight is 326 g/mol. The second-order valence-electron chi connectivity index (χ2n) is 5.10. The molecule has 0 bridgehead atoms. The van der Waals surface area contributed by atoms with E-state index in [4.69, 9.17) is 5.11 Å². The van der Waals surface area contributed by atoms with Gasteiger partial charge in [-0.05, 0) is 26.2 Å². The fraction of sp³-hybridized carbons (Fsp3) is 0.909. The van der Waals surface area contributed by atoms with Crippen LogP contribution < -0.4 is 4.72 Å². The minimum absolute atomic E-state index is 0.221. The van der Waals surface area contributed by atoms with Crippen LogP contribution in [0, 0.1) is 5.92 Å². The van der Waals surface area contributed by atoms with E-state index in [1.54, 1.807) is 13.2 Å². The molecule has 1 aliphatic rings. The van der Waals surface area contributed by atoms with Crippen LogP contribution in [0.5, 0.6) is 0 Å². The second kappa shape index (κ2) is 7.48. The molecule has 2 N–H and O–H groups in total. The monoisotopic (exact) mass is 326 g/mol.